The van der Waals surface area contributed by atoms with E-state index in [9.17, 15) is 4.79 Å². The third-order valence-electron chi connectivity index (χ3n) is 3.55. The van der Waals surface area contributed by atoms with Crippen LogP contribution in [-0.4, -0.2) is 22.8 Å². The molecule has 0 aliphatic heterocycles. The minimum Gasteiger partial charge on any atom is -0.497 e. The van der Waals surface area contributed by atoms with Gasteiger partial charge in [0.1, 0.15) is 5.75 Å². The largest absolute Gasteiger partial charge is 0.497 e. The number of rotatable bonds is 5. The number of nitrogens with zero attached hydrogens (tertiary/aromatic N) is 2. The summed E-state index contributed by atoms with van der Waals surface area (Å²) in [4.78, 5) is 12.2. The summed E-state index contributed by atoms with van der Waals surface area (Å²) in [6, 6.07) is 15.3. The van der Waals surface area contributed by atoms with Gasteiger partial charge in [-0.2, -0.15) is 5.10 Å². The van der Waals surface area contributed by atoms with Gasteiger partial charge in [-0.3, -0.25) is 4.79 Å². The molecule has 3 rings (SSSR count). The summed E-state index contributed by atoms with van der Waals surface area (Å²) in [5, 5.41) is 7.12. The van der Waals surface area contributed by atoms with Gasteiger partial charge in [0.2, 0.25) is 0 Å². The molecular weight excluding hydrogens is 370 g/mol. The first kappa shape index (κ1) is 16.3. The molecule has 1 aromatic heterocycles. The topological polar surface area (TPSA) is 56.1 Å². The number of nitrogens with one attached hydrogen (secondary N) is 1. The molecule has 0 saturated carbocycles. The molecule has 2 aromatic carbocycles. The number of carbonyl (C=O) groups is 1. The van der Waals surface area contributed by atoms with Gasteiger partial charge < -0.3 is 10.1 Å². The molecular formula is C18H16BrN3O2. The van der Waals surface area contributed by atoms with Crippen molar-refractivity contribution in [1.29, 1.82) is 0 Å². The van der Waals surface area contributed by atoms with Crippen LogP contribution in [0.5, 0.6) is 5.75 Å². The number of hydrogen-bond acceptors (Lipinski definition) is 3. The average molecular weight is 386 g/mol. The van der Waals surface area contributed by atoms with Crippen LogP contribution in [0, 0.1) is 0 Å². The molecule has 3 aromatic rings. The van der Waals surface area contributed by atoms with Crippen LogP contribution in [0.1, 0.15) is 15.9 Å². The van der Waals surface area contributed by atoms with E-state index in [1.807, 2.05) is 48.5 Å². The van der Waals surface area contributed by atoms with E-state index >= 15 is 0 Å². The zero-order valence-electron chi connectivity index (χ0n) is 13.1. The highest BCUT2D eigenvalue weighted by molar-refractivity contribution is 9.10. The Morgan fingerprint density at radius 3 is 2.54 bits per heavy atom. The maximum Gasteiger partial charge on any atom is 0.254 e. The fraction of sp³-hybridized carbons (Fsp3) is 0.111. The van der Waals surface area contributed by atoms with E-state index in [2.05, 4.69) is 26.3 Å². The Labute approximate surface area is 148 Å². The summed E-state index contributed by atoms with van der Waals surface area (Å²) in [7, 11) is 1.62. The molecule has 0 unspecified atom stereocenters. The highest BCUT2D eigenvalue weighted by atomic mass is 79.9. The Hall–Kier alpha value is -2.60. The summed E-state index contributed by atoms with van der Waals surface area (Å²) in [6.45, 7) is 0.451. The smallest absolute Gasteiger partial charge is 0.254 e. The van der Waals surface area contributed by atoms with Crippen LogP contribution in [0.3, 0.4) is 0 Å². The molecule has 0 fully saturated rings. The number of carbonyl (C=O) groups excluding carboxylic acids is 1. The maximum atomic E-state index is 12.2. The van der Waals surface area contributed by atoms with Crippen molar-refractivity contribution in [2.24, 2.45) is 0 Å². The molecule has 0 atom stereocenters. The number of amides is 1. The van der Waals surface area contributed by atoms with Crippen LogP contribution in [0.25, 0.3) is 5.69 Å². The van der Waals surface area contributed by atoms with Crippen LogP contribution >= 0.6 is 15.9 Å². The average Bonchev–Trinajstić information content (AvgIpc) is 3.11. The first-order valence-electron chi connectivity index (χ1n) is 7.37. The van der Waals surface area contributed by atoms with Crippen LogP contribution in [-0.2, 0) is 6.54 Å². The molecule has 1 heterocycles. The van der Waals surface area contributed by atoms with Crippen molar-refractivity contribution in [3.63, 3.8) is 0 Å². The van der Waals surface area contributed by atoms with Crippen molar-refractivity contribution in [1.82, 2.24) is 15.1 Å². The molecule has 0 saturated heterocycles. The summed E-state index contributed by atoms with van der Waals surface area (Å²) >= 11 is 3.40. The van der Waals surface area contributed by atoms with Gasteiger partial charge >= 0.3 is 0 Å². The van der Waals surface area contributed by atoms with Gasteiger partial charge in [-0.25, -0.2) is 4.68 Å². The molecule has 24 heavy (non-hydrogen) atoms. The van der Waals surface area contributed by atoms with Crippen LogP contribution in [0.2, 0.25) is 0 Å². The molecule has 1 N–H and O–H groups in total. The fourth-order valence-corrected chi connectivity index (χ4v) is 2.47. The summed E-state index contributed by atoms with van der Waals surface area (Å²) < 4.78 is 7.79. The van der Waals surface area contributed by atoms with E-state index < -0.39 is 0 Å². The van der Waals surface area contributed by atoms with Crippen molar-refractivity contribution in [3.05, 3.63) is 76.5 Å². The third-order valence-corrected chi connectivity index (χ3v) is 4.08. The minimum absolute atomic E-state index is 0.158. The molecule has 6 heteroatoms. The Morgan fingerprint density at radius 2 is 1.88 bits per heavy atom. The number of benzene rings is 2. The highest BCUT2D eigenvalue weighted by Gasteiger charge is 2.09. The number of hydrogen-bond donors (Lipinski definition) is 1. The monoisotopic (exact) mass is 385 g/mol. The van der Waals surface area contributed by atoms with E-state index in [4.69, 9.17) is 4.74 Å². The second-order valence-corrected chi connectivity index (χ2v) is 6.10. The molecule has 0 bridgehead atoms. The molecule has 122 valence electrons. The van der Waals surface area contributed by atoms with E-state index in [-0.39, 0.29) is 5.91 Å². The van der Waals surface area contributed by atoms with Crippen LogP contribution < -0.4 is 10.1 Å². The molecule has 0 spiro atoms. The van der Waals surface area contributed by atoms with Gasteiger partial charge in [0.15, 0.2) is 0 Å². The molecule has 1 amide bonds. The van der Waals surface area contributed by atoms with E-state index in [1.54, 1.807) is 24.2 Å². The Morgan fingerprint density at radius 1 is 1.17 bits per heavy atom. The summed E-state index contributed by atoms with van der Waals surface area (Å²) in [6.07, 6.45) is 3.28. The lowest BCUT2D eigenvalue weighted by atomic mass is 10.2. The summed E-state index contributed by atoms with van der Waals surface area (Å²) in [5.41, 5.74) is 2.42. The number of halogens is 1. The molecule has 5 nitrogen and oxygen atoms in total. The number of ether oxygens (including phenoxy) is 1. The van der Waals surface area contributed by atoms with Crippen molar-refractivity contribution in [2.75, 3.05) is 7.11 Å². The third kappa shape index (κ3) is 3.83. The number of aromatic nitrogens is 2. The normalized spacial score (nSPS) is 10.4. The first-order valence-corrected chi connectivity index (χ1v) is 8.17. The lowest BCUT2D eigenvalue weighted by molar-refractivity contribution is 0.0951. The SMILES string of the molecule is COc1ccc(CNC(=O)c2cnn(-c3ccc(Br)cc3)c2)cc1. The molecule has 0 radical (unpaired) electrons. The van der Waals surface area contributed by atoms with Crippen molar-refractivity contribution in [3.8, 4) is 11.4 Å². The van der Waals surface area contributed by atoms with Crippen molar-refractivity contribution in [2.45, 2.75) is 6.54 Å². The Bertz CT molecular complexity index is 826. The quantitative estimate of drug-likeness (QED) is 0.730. The molecule has 0 aliphatic rings. The fourth-order valence-electron chi connectivity index (χ4n) is 2.20. The van der Waals surface area contributed by atoms with Gasteiger partial charge in [-0.1, -0.05) is 28.1 Å². The predicted octanol–water partition coefficient (Wildman–Crippen LogP) is 3.57. The van der Waals surface area contributed by atoms with Gasteiger partial charge in [0, 0.05) is 17.2 Å². The standard InChI is InChI=1S/C18H16BrN3O2/c1-24-17-8-2-13(3-9-17)10-20-18(23)14-11-21-22(12-14)16-6-4-15(19)5-7-16/h2-9,11-12H,10H2,1H3,(H,20,23). The predicted molar refractivity (Wildman–Crippen MR) is 95.4 cm³/mol. The Balaban J connectivity index is 1.64. The zero-order chi connectivity index (χ0) is 16.9. The number of methoxy groups -OCH3 is 1. The van der Waals surface area contributed by atoms with Crippen LogP contribution in [0.4, 0.5) is 0 Å². The maximum absolute atomic E-state index is 12.2. The van der Waals surface area contributed by atoms with Crippen molar-refractivity contribution >= 4 is 21.8 Å². The van der Waals surface area contributed by atoms with E-state index in [1.165, 1.54) is 0 Å². The van der Waals surface area contributed by atoms with Crippen molar-refractivity contribution < 1.29 is 9.53 Å². The van der Waals surface area contributed by atoms with E-state index in [0.29, 0.717) is 12.1 Å². The second-order valence-electron chi connectivity index (χ2n) is 5.18. The lowest BCUT2D eigenvalue weighted by Crippen LogP contribution is -2.22. The van der Waals surface area contributed by atoms with Gasteiger partial charge in [-0.05, 0) is 42.0 Å². The zero-order valence-corrected chi connectivity index (χ0v) is 14.7. The Kier molecular flexibility index (Phi) is 4.96. The van der Waals surface area contributed by atoms with Gasteiger partial charge in [0.05, 0.1) is 24.6 Å². The molecule has 0 aliphatic carbocycles. The second kappa shape index (κ2) is 7.31. The summed E-state index contributed by atoms with van der Waals surface area (Å²) in [5.74, 6) is 0.634. The van der Waals surface area contributed by atoms with Crippen LogP contribution in [0.15, 0.2) is 65.4 Å². The van der Waals surface area contributed by atoms with Gasteiger partial charge in [0.25, 0.3) is 5.91 Å². The van der Waals surface area contributed by atoms with E-state index in [0.717, 1.165) is 21.5 Å². The minimum atomic E-state index is -0.158. The first-order chi connectivity index (χ1) is 11.7. The van der Waals surface area contributed by atoms with Gasteiger partial charge in [-0.15, -0.1) is 0 Å². The lowest BCUT2D eigenvalue weighted by Gasteiger charge is -2.05. The highest BCUT2D eigenvalue weighted by Crippen LogP contribution is 2.14.